The molecular weight excluding hydrogens is 398 g/mol. The van der Waals surface area contributed by atoms with Crippen LogP contribution in [0.25, 0.3) is 10.8 Å². The number of carbonyl (C=O) groups excluding carboxylic acids is 1. The molecule has 0 unspecified atom stereocenters. The van der Waals surface area contributed by atoms with E-state index in [0.717, 1.165) is 25.9 Å². The molecule has 130 valence electrons. The van der Waals surface area contributed by atoms with Gasteiger partial charge in [0.05, 0.1) is 23.4 Å². The highest BCUT2D eigenvalue weighted by Crippen LogP contribution is 2.27. The highest BCUT2D eigenvalue weighted by Gasteiger charge is 2.20. The first-order valence-electron chi connectivity index (χ1n) is 8.05. The molecule has 1 atom stereocenters. The van der Waals surface area contributed by atoms with Gasteiger partial charge in [0, 0.05) is 11.9 Å². The molecule has 0 N–H and O–H groups in total. The number of methoxy groups -OCH3 is 1. The third-order valence-electron chi connectivity index (χ3n) is 4.34. The molecule has 0 bridgehead atoms. The summed E-state index contributed by atoms with van der Waals surface area (Å²) in [5, 5.41) is 2.22. The van der Waals surface area contributed by atoms with Crippen LogP contribution < -0.4 is 4.74 Å². The van der Waals surface area contributed by atoms with E-state index >= 15 is 0 Å². The Labute approximate surface area is 160 Å². The van der Waals surface area contributed by atoms with Gasteiger partial charge in [-0.25, -0.2) is 0 Å². The van der Waals surface area contributed by atoms with Crippen LogP contribution in [0.1, 0.15) is 23.3 Å². The first-order valence-corrected chi connectivity index (χ1v) is 9.66. The van der Waals surface area contributed by atoms with E-state index in [9.17, 15) is 4.79 Å². The van der Waals surface area contributed by atoms with Gasteiger partial charge >= 0.3 is 0 Å². The average molecular weight is 418 g/mol. The second kappa shape index (κ2) is 7.58. The SMILES string of the molecule is COc1ccc2cc([C@H](C)C(=O)N(C)Cc3ccc(Br)s3)ccc2c1. The summed E-state index contributed by atoms with van der Waals surface area (Å²) in [5.74, 6) is 0.781. The summed E-state index contributed by atoms with van der Waals surface area (Å²) >= 11 is 5.12. The molecule has 1 aromatic heterocycles. The lowest BCUT2D eigenvalue weighted by Gasteiger charge is -2.21. The van der Waals surface area contributed by atoms with Gasteiger partial charge in [0.2, 0.25) is 5.91 Å². The molecule has 0 saturated heterocycles. The molecule has 0 spiro atoms. The Morgan fingerprint density at radius 1 is 1.16 bits per heavy atom. The number of likely N-dealkylation sites (N-methyl/N-ethyl adjacent to an activating group) is 1. The number of rotatable bonds is 5. The highest BCUT2D eigenvalue weighted by molar-refractivity contribution is 9.11. The summed E-state index contributed by atoms with van der Waals surface area (Å²) in [7, 11) is 3.52. The van der Waals surface area contributed by atoms with Crippen molar-refractivity contribution < 1.29 is 9.53 Å². The normalized spacial score (nSPS) is 12.2. The molecule has 1 heterocycles. The zero-order valence-corrected chi connectivity index (χ0v) is 16.9. The lowest BCUT2D eigenvalue weighted by Crippen LogP contribution is -2.29. The fourth-order valence-electron chi connectivity index (χ4n) is 2.86. The van der Waals surface area contributed by atoms with Crippen molar-refractivity contribution in [2.75, 3.05) is 14.2 Å². The third kappa shape index (κ3) is 4.05. The molecule has 3 rings (SSSR count). The molecule has 0 aliphatic carbocycles. The zero-order chi connectivity index (χ0) is 18.0. The van der Waals surface area contributed by atoms with E-state index < -0.39 is 0 Å². The molecule has 2 aromatic carbocycles. The number of nitrogens with zero attached hydrogens (tertiary/aromatic N) is 1. The number of benzene rings is 2. The second-order valence-corrected chi connectivity index (χ2v) is 8.64. The highest BCUT2D eigenvalue weighted by atomic mass is 79.9. The molecular formula is C20H20BrNO2S. The number of hydrogen-bond acceptors (Lipinski definition) is 3. The van der Waals surface area contributed by atoms with E-state index in [-0.39, 0.29) is 11.8 Å². The maximum Gasteiger partial charge on any atom is 0.229 e. The summed E-state index contributed by atoms with van der Waals surface area (Å²) in [6, 6.07) is 16.2. The predicted octanol–water partition coefficient (Wildman–Crippen LogP) is 5.43. The molecule has 25 heavy (non-hydrogen) atoms. The Bertz CT molecular complexity index is 906. The predicted molar refractivity (Wildman–Crippen MR) is 107 cm³/mol. The maximum absolute atomic E-state index is 12.8. The Kier molecular flexibility index (Phi) is 5.45. The van der Waals surface area contributed by atoms with Crippen molar-refractivity contribution in [2.45, 2.75) is 19.4 Å². The first-order chi connectivity index (χ1) is 12.0. The minimum Gasteiger partial charge on any atom is -0.497 e. The number of thiophene rings is 1. The third-order valence-corrected chi connectivity index (χ3v) is 5.95. The van der Waals surface area contributed by atoms with Crippen LogP contribution >= 0.6 is 27.3 Å². The summed E-state index contributed by atoms with van der Waals surface area (Å²) < 4.78 is 6.35. The molecule has 3 nitrogen and oxygen atoms in total. The van der Waals surface area contributed by atoms with Crippen LogP contribution in [-0.4, -0.2) is 25.0 Å². The van der Waals surface area contributed by atoms with Crippen LogP contribution in [0.5, 0.6) is 5.75 Å². The standard InChI is InChI=1S/C20H20BrNO2S/c1-13(20(23)22(2)12-18-8-9-19(21)25-18)14-4-5-16-11-17(24-3)7-6-15(16)10-14/h4-11,13H,12H2,1-3H3/t13-/m0/s1. The molecule has 0 fully saturated rings. The van der Waals surface area contributed by atoms with Crippen molar-refractivity contribution in [3.63, 3.8) is 0 Å². The number of carbonyl (C=O) groups is 1. The molecule has 0 aliphatic heterocycles. The van der Waals surface area contributed by atoms with Gasteiger partial charge in [0.25, 0.3) is 0 Å². The van der Waals surface area contributed by atoms with E-state index in [2.05, 4.69) is 22.0 Å². The molecule has 0 aliphatic rings. The first kappa shape index (κ1) is 18.0. The van der Waals surface area contributed by atoms with Gasteiger partial charge < -0.3 is 9.64 Å². The quantitative estimate of drug-likeness (QED) is 0.553. The van der Waals surface area contributed by atoms with Crippen molar-refractivity contribution in [1.29, 1.82) is 0 Å². The summed E-state index contributed by atoms with van der Waals surface area (Å²) in [5.41, 5.74) is 1.03. The van der Waals surface area contributed by atoms with Gasteiger partial charge in [-0.1, -0.05) is 24.3 Å². The largest absolute Gasteiger partial charge is 0.497 e. The number of fused-ring (bicyclic) bond motifs is 1. The second-order valence-electron chi connectivity index (χ2n) is 6.09. The monoisotopic (exact) mass is 417 g/mol. The maximum atomic E-state index is 12.8. The van der Waals surface area contributed by atoms with E-state index in [4.69, 9.17) is 4.74 Å². The number of hydrogen-bond donors (Lipinski definition) is 0. The topological polar surface area (TPSA) is 29.5 Å². The van der Waals surface area contributed by atoms with Gasteiger partial charge in [0.15, 0.2) is 0 Å². The molecule has 1 amide bonds. The Morgan fingerprint density at radius 3 is 2.56 bits per heavy atom. The minimum atomic E-state index is -0.181. The van der Waals surface area contributed by atoms with Crippen LogP contribution in [-0.2, 0) is 11.3 Å². The fourth-order valence-corrected chi connectivity index (χ4v) is 4.40. The smallest absolute Gasteiger partial charge is 0.229 e. The van der Waals surface area contributed by atoms with Crippen molar-refractivity contribution in [2.24, 2.45) is 0 Å². The summed E-state index contributed by atoms with van der Waals surface area (Å²) in [6.45, 7) is 2.60. The minimum absolute atomic E-state index is 0.123. The van der Waals surface area contributed by atoms with E-state index in [1.165, 1.54) is 4.88 Å². The van der Waals surface area contributed by atoms with Crippen molar-refractivity contribution in [1.82, 2.24) is 4.90 Å². The Hall–Kier alpha value is -1.85. The van der Waals surface area contributed by atoms with Crippen LogP contribution in [0.2, 0.25) is 0 Å². The number of amides is 1. The molecule has 3 aromatic rings. The molecule has 0 radical (unpaired) electrons. The number of halogens is 1. The Balaban J connectivity index is 1.77. The number of ether oxygens (including phenoxy) is 1. The van der Waals surface area contributed by atoms with Gasteiger partial charge in [0.1, 0.15) is 5.75 Å². The fraction of sp³-hybridized carbons (Fsp3) is 0.250. The van der Waals surface area contributed by atoms with Crippen molar-refractivity contribution in [3.05, 3.63) is 62.8 Å². The van der Waals surface area contributed by atoms with Gasteiger partial charge in [-0.15, -0.1) is 11.3 Å². The van der Waals surface area contributed by atoms with Gasteiger partial charge in [-0.3, -0.25) is 4.79 Å². The summed E-state index contributed by atoms with van der Waals surface area (Å²) in [4.78, 5) is 15.7. The zero-order valence-electron chi connectivity index (χ0n) is 14.5. The lowest BCUT2D eigenvalue weighted by molar-refractivity contribution is -0.131. The lowest BCUT2D eigenvalue weighted by atomic mass is 9.96. The van der Waals surface area contributed by atoms with E-state index in [1.54, 1.807) is 23.3 Å². The Morgan fingerprint density at radius 2 is 1.88 bits per heavy atom. The van der Waals surface area contributed by atoms with Crippen LogP contribution in [0.3, 0.4) is 0 Å². The van der Waals surface area contributed by atoms with Crippen LogP contribution in [0, 0.1) is 0 Å². The van der Waals surface area contributed by atoms with Gasteiger partial charge in [-0.05, 0) is 63.5 Å². The molecule has 0 saturated carbocycles. The van der Waals surface area contributed by atoms with Gasteiger partial charge in [-0.2, -0.15) is 0 Å². The van der Waals surface area contributed by atoms with Crippen LogP contribution in [0.4, 0.5) is 0 Å². The van der Waals surface area contributed by atoms with Crippen LogP contribution in [0.15, 0.2) is 52.3 Å². The van der Waals surface area contributed by atoms with Crippen molar-refractivity contribution >= 4 is 43.9 Å². The van der Waals surface area contributed by atoms with E-state index in [0.29, 0.717) is 6.54 Å². The summed E-state index contributed by atoms with van der Waals surface area (Å²) in [6.07, 6.45) is 0. The molecule has 5 heteroatoms. The van der Waals surface area contributed by atoms with E-state index in [1.807, 2.05) is 56.4 Å². The van der Waals surface area contributed by atoms with Crippen molar-refractivity contribution in [3.8, 4) is 5.75 Å². The average Bonchev–Trinajstić information content (AvgIpc) is 3.04.